The number of allylic oxidation sites excluding steroid dienone is 1. The highest BCUT2D eigenvalue weighted by molar-refractivity contribution is 7.76. The van der Waals surface area contributed by atoms with E-state index in [2.05, 4.69) is 74.5 Å². The molecule has 1 aromatic carbocycles. The Labute approximate surface area is 147 Å². The third-order valence-corrected chi connectivity index (χ3v) is 3.65. The summed E-state index contributed by atoms with van der Waals surface area (Å²) in [5, 5.41) is 4.03. The molecule has 0 aliphatic rings. The third-order valence-electron chi connectivity index (χ3n) is 3.65. The van der Waals surface area contributed by atoms with Gasteiger partial charge in [0.05, 0.1) is 0 Å². The monoisotopic (exact) mass is 345 g/mol. The lowest BCUT2D eigenvalue weighted by atomic mass is 10.0. The van der Waals surface area contributed by atoms with Crippen molar-refractivity contribution >= 4 is 17.3 Å². The number of hydrogen-bond donors (Lipinski definition) is 1. The van der Waals surface area contributed by atoms with Crippen LogP contribution in [0.3, 0.4) is 0 Å². The molecule has 0 bridgehead atoms. The van der Waals surface area contributed by atoms with Crippen LogP contribution in [0, 0.1) is 0 Å². The molecule has 0 saturated heterocycles. The second-order valence-electron chi connectivity index (χ2n) is 5.37. The van der Waals surface area contributed by atoms with Gasteiger partial charge in [0.15, 0.2) is 0 Å². The summed E-state index contributed by atoms with van der Waals surface area (Å²) < 4.78 is 17.6. The standard InChI is InChI=1S/C19H23N.H3NO2S/c1-4-17-13-14-19(20-18(17)5-2)15(3)11-12-16-9-7-6-8-10-16;1-4(2)3/h6-15H,4-5H2,1-3H3;1H2,(H,2,3)/p-1. The molecule has 0 aliphatic carbocycles. The summed E-state index contributed by atoms with van der Waals surface area (Å²) in [4.78, 5) is 4.82. The van der Waals surface area contributed by atoms with Gasteiger partial charge in [0.2, 0.25) is 0 Å². The Morgan fingerprint density at radius 2 is 1.79 bits per heavy atom. The summed E-state index contributed by atoms with van der Waals surface area (Å²) in [6.45, 7) is 6.57. The Morgan fingerprint density at radius 1 is 1.17 bits per heavy atom. The molecule has 24 heavy (non-hydrogen) atoms. The summed E-state index contributed by atoms with van der Waals surface area (Å²) in [5.41, 5.74) is 5.01. The third kappa shape index (κ3) is 7.17. The Balaban J connectivity index is 0.000000648. The molecule has 0 fully saturated rings. The fourth-order valence-electron chi connectivity index (χ4n) is 2.35. The fourth-order valence-corrected chi connectivity index (χ4v) is 2.35. The van der Waals surface area contributed by atoms with Crippen LogP contribution in [0.15, 0.2) is 48.5 Å². The van der Waals surface area contributed by atoms with E-state index in [-0.39, 0.29) is 0 Å². The van der Waals surface area contributed by atoms with Gasteiger partial charge in [-0.05, 0) is 30.0 Å². The van der Waals surface area contributed by atoms with Crippen molar-refractivity contribution in [1.82, 2.24) is 4.98 Å². The first-order valence-electron chi connectivity index (χ1n) is 8.03. The van der Waals surface area contributed by atoms with Gasteiger partial charge in [-0.25, -0.2) is 0 Å². The van der Waals surface area contributed by atoms with Crippen LogP contribution >= 0.6 is 0 Å². The lowest BCUT2D eigenvalue weighted by Crippen LogP contribution is -2.01. The average molecular weight is 345 g/mol. The quantitative estimate of drug-likeness (QED) is 0.838. The minimum absolute atomic E-state index is 0.339. The highest BCUT2D eigenvalue weighted by Crippen LogP contribution is 2.19. The maximum absolute atomic E-state index is 8.78. The Kier molecular flexibility index (Phi) is 9.15. The lowest BCUT2D eigenvalue weighted by molar-refractivity contribution is 0.539. The molecule has 0 saturated carbocycles. The van der Waals surface area contributed by atoms with Crippen molar-refractivity contribution in [3.8, 4) is 0 Å². The van der Waals surface area contributed by atoms with Gasteiger partial charge in [-0.3, -0.25) is 14.3 Å². The molecule has 0 radical (unpaired) electrons. The maximum Gasteiger partial charge on any atom is 0.0473 e. The second kappa shape index (κ2) is 10.9. The fraction of sp³-hybridized carbons (Fsp3) is 0.316. The molecule has 5 heteroatoms. The summed E-state index contributed by atoms with van der Waals surface area (Å²) in [5.74, 6) is 0.339. The SMILES string of the molecule is CCc1ccc(C(C)C=Cc2ccccc2)nc1CC.NS(=O)[O-]. The number of benzene rings is 1. The molecule has 130 valence electrons. The molecule has 2 rings (SSSR count). The first-order chi connectivity index (χ1) is 11.5. The van der Waals surface area contributed by atoms with E-state index in [4.69, 9.17) is 13.7 Å². The van der Waals surface area contributed by atoms with E-state index in [1.54, 1.807) is 0 Å². The van der Waals surface area contributed by atoms with Gasteiger partial charge in [0.1, 0.15) is 0 Å². The van der Waals surface area contributed by atoms with Crippen LogP contribution in [0.25, 0.3) is 6.08 Å². The van der Waals surface area contributed by atoms with Crippen molar-refractivity contribution in [2.45, 2.75) is 39.5 Å². The van der Waals surface area contributed by atoms with Crippen LogP contribution in [0.4, 0.5) is 0 Å². The predicted molar refractivity (Wildman–Crippen MR) is 100.0 cm³/mol. The van der Waals surface area contributed by atoms with Crippen molar-refractivity contribution in [2.75, 3.05) is 0 Å². The molecule has 2 atom stereocenters. The molecular formula is C19H25N2O2S-. The number of nitrogens with zero attached hydrogens (tertiary/aromatic N) is 1. The van der Waals surface area contributed by atoms with Crippen LogP contribution in [-0.4, -0.2) is 13.7 Å². The van der Waals surface area contributed by atoms with Gasteiger partial charge >= 0.3 is 0 Å². The smallest absolute Gasteiger partial charge is 0.0473 e. The van der Waals surface area contributed by atoms with Crippen LogP contribution < -0.4 is 5.14 Å². The van der Waals surface area contributed by atoms with E-state index < -0.39 is 11.3 Å². The van der Waals surface area contributed by atoms with E-state index in [0.717, 1.165) is 18.5 Å². The molecule has 0 amide bonds. The number of nitrogens with two attached hydrogens (primary N) is 1. The van der Waals surface area contributed by atoms with Gasteiger partial charge in [-0.1, -0.05) is 69.3 Å². The summed E-state index contributed by atoms with van der Waals surface area (Å²) >= 11 is -2.36. The number of hydrogen-bond acceptors (Lipinski definition) is 3. The lowest BCUT2D eigenvalue weighted by Gasteiger charge is -2.11. The Morgan fingerprint density at radius 3 is 2.33 bits per heavy atom. The van der Waals surface area contributed by atoms with E-state index in [0.29, 0.717) is 5.92 Å². The molecule has 0 aliphatic heterocycles. The van der Waals surface area contributed by atoms with Crippen molar-refractivity contribution in [3.05, 3.63) is 71.1 Å². The molecule has 2 N–H and O–H groups in total. The van der Waals surface area contributed by atoms with Gasteiger partial charge in [0.25, 0.3) is 0 Å². The highest BCUT2D eigenvalue weighted by Gasteiger charge is 2.07. The van der Waals surface area contributed by atoms with Crippen molar-refractivity contribution in [2.24, 2.45) is 5.14 Å². The van der Waals surface area contributed by atoms with Gasteiger partial charge in [0, 0.05) is 28.6 Å². The van der Waals surface area contributed by atoms with E-state index in [1.807, 2.05) is 6.07 Å². The first-order valence-corrected chi connectivity index (χ1v) is 9.17. The molecule has 0 spiro atoms. The number of rotatable bonds is 5. The predicted octanol–water partition coefficient (Wildman–Crippen LogP) is 3.76. The number of pyridine rings is 1. The summed E-state index contributed by atoms with van der Waals surface area (Å²) in [6, 6.07) is 14.8. The van der Waals surface area contributed by atoms with E-state index in [9.17, 15) is 0 Å². The van der Waals surface area contributed by atoms with Gasteiger partial charge < -0.3 is 4.55 Å². The second-order valence-corrected chi connectivity index (χ2v) is 5.89. The van der Waals surface area contributed by atoms with Crippen molar-refractivity contribution in [1.29, 1.82) is 0 Å². The summed E-state index contributed by atoms with van der Waals surface area (Å²) in [6.07, 6.45) is 6.46. The molecule has 2 unspecified atom stereocenters. The van der Waals surface area contributed by atoms with Crippen LogP contribution in [0.1, 0.15) is 49.2 Å². The van der Waals surface area contributed by atoms with Crippen LogP contribution in [-0.2, 0) is 24.1 Å². The number of aryl methyl sites for hydroxylation is 2. The minimum Gasteiger partial charge on any atom is -0.760 e. The zero-order chi connectivity index (χ0) is 17.9. The van der Waals surface area contributed by atoms with Crippen LogP contribution in [0.5, 0.6) is 0 Å². The Bertz CT molecular complexity index is 668. The van der Waals surface area contributed by atoms with Gasteiger partial charge in [-0.15, -0.1) is 0 Å². The largest absolute Gasteiger partial charge is 0.760 e. The normalized spacial score (nSPS) is 13.2. The molecular weight excluding hydrogens is 320 g/mol. The summed E-state index contributed by atoms with van der Waals surface area (Å²) in [7, 11) is 0. The van der Waals surface area contributed by atoms with Gasteiger partial charge in [-0.2, -0.15) is 0 Å². The number of aromatic nitrogens is 1. The molecule has 2 aromatic rings. The molecule has 1 aromatic heterocycles. The van der Waals surface area contributed by atoms with E-state index >= 15 is 0 Å². The van der Waals surface area contributed by atoms with Crippen molar-refractivity contribution < 1.29 is 8.76 Å². The zero-order valence-electron chi connectivity index (χ0n) is 14.4. The topological polar surface area (TPSA) is 79.0 Å². The Hall–Kier alpha value is -1.82. The zero-order valence-corrected chi connectivity index (χ0v) is 15.3. The van der Waals surface area contributed by atoms with Crippen LogP contribution in [0.2, 0.25) is 0 Å². The average Bonchev–Trinajstić information content (AvgIpc) is 2.59. The van der Waals surface area contributed by atoms with E-state index in [1.165, 1.54) is 16.8 Å². The molecule has 1 heterocycles. The highest BCUT2D eigenvalue weighted by atomic mass is 32.2. The molecule has 4 nitrogen and oxygen atoms in total. The minimum atomic E-state index is -2.36. The maximum atomic E-state index is 8.78. The first kappa shape index (κ1) is 20.2. The van der Waals surface area contributed by atoms with Crippen molar-refractivity contribution in [3.63, 3.8) is 0 Å².